The SMILES string of the molecule is CC(=O)c1cc(OC(C)CC(C)C)ccc1N. The number of anilines is 1. The molecule has 0 heterocycles. The van der Waals surface area contributed by atoms with Crippen molar-refractivity contribution in [2.24, 2.45) is 5.92 Å². The Morgan fingerprint density at radius 3 is 2.53 bits per heavy atom. The van der Waals surface area contributed by atoms with E-state index in [0.717, 1.165) is 6.42 Å². The summed E-state index contributed by atoms with van der Waals surface area (Å²) in [5, 5.41) is 0. The molecule has 0 saturated heterocycles. The van der Waals surface area contributed by atoms with E-state index in [0.29, 0.717) is 22.9 Å². The predicted molar refractivity (Wildman–Crippen MR) is 70.4 cm³/mol. The molecule has 3 heteroatoms. The molecule has 1 aromatic rings. The first kappa shape index (κ1) is 13.6. The molecule has 3 nitrogen and oxygen atoms in total. The zero-order valence-corrected chi connectivity index (χ0v) is 11.0. The van der Waals surface area contributed by atoms with Crippen molar-refractivity contribution in [1.29, 1.82) is 0 Å². The Hall–Kier alpha value is -1.51. The summed E-state index contributed by atoms with van der Waals surface area (Å²) in [5.74, 6) is 1.26. The van der Waals surface area contributed by atoms with Gasteiger partial charge in [-0.15, -0.1) is 0 Å². The van der Waals surface area contributed by atoms with E-state index >= 15 is 0 Å². The summed E-state index contributed by atoms with van der Waals surface area (Å²) in [6.07, 6.45) is 1.12. The van der Waals surface area contributed by atoms with Crippen molar-refractivity contribution < 1.29 is 9.53 Å². The van der Waals surface area contributed by atoms with Crippen LogP contribution in [-0.4, -0.2) is 11.9 Å². The van der Waals surface area contributed by atoms with Gasteiger partial charge in [0.1, 0.15) is 5.75 Å². The fourth-order valence-corrected chi connectivity index (χ4v) is 1.86. The molecular formula is C14H21NO2. The quantitative estimate of drug-likeness (QED) is 0.629. The van der Waals surface area contributed by atoms with Crippen molar-refractivity contribution in [1.82, 2.24) is 0 Å². The van der Waals surface area contributed by atoms with Crippen LogP contribution in [0.3, 0.4) is 0 Å². The molecule has 0 radical (unpaired) electrons. The summed E-state index contributed by atoms with van der Waals surface area (Å²) in [7, 11) is 0. The molecule has 0 bridgehead atoms. The van der Waals surface area contributed by atoms with Crippen LogP contribution in [0, 0.1) is 5.92 Å². The Morgan fingerprint density at radius 1 is 1.35 bits per heavy atom. The van der Waals surface area contributed by atoms with E-state index in [1.165, 1.54) is 6.92 Å². The van der Waals surface area contributed by atoms with Gasteiger partial charge in [0.05, 0.1) is 6.10 Å². The number of nitrogen functional groups attached to an aromatic ring is 1. The highest BCUT2D eigenvalue weighted by Gasteiger charge is 2.10. The van der Waals surface area contributed by atoms with Gasteiger partial charge < -0.3 is 10.5 Å². The molecule has 0 aliphatic carbocycles. The Balaban J connectivity index is 2.79. The maximum absolute atomic E-state index is 11.3. The van der Waals surface area contributed by atoms with Crippen LogP contribution in [0.4, 0.5) is 5.69 Å². The molecule has 1 atom stereocenters. The van der Waals surface area contributed by atoms with Crippen molar-refractivity contribution in [2.45, 2.75) is 40.2 Å². The van der Waals surface area contributed by atoms with Crippen LogP contribution in [-0.2, 0) is 0 Å². The number of hydrogen-bond acceptors (Lipinski definition) is 3. The molecule has 94 valence electrons. The van der Waals surface area contributed by atoms with E-state index in [1.807, 2.05) is 6.92 Å². The second-order valence-corrected chi connectivity index (χ2v) is 4.86. The summed E-state index contributed by atoms with van der Waals surface area (Å²) >= 11 is 0. The van der Waals surface area contributed by atoms with E-state index in [1.54, 1.807) is 18.2 Å². The lowest BCUT2D eigenvalue weighted by Gasteiger charge is -2.17. The summed E-state index contributed by atoms with van der Waals surface area (Å²) in [5.41, 5.74) is 6.75. The van der Waals surface area contributed by atoms with Crippen LogP contribution in [0.25, 0.3) is 0 Å². The van der Waals surface area contributed by atoms with E-state index < -0.39 is 0 Å². The van der Waals surface area contributed by atoms with E-state index in [9.17, 15) is 4.79 Å². The zero-order chi connectivity index (χ0) is 13.0. The largest absolute Gasteiger partial charge is 0.491 e. The first-order chi connectivity index (χ1) is 7.90. The Morgan fingerprint density at radius 2 is 2.00 bits per heavy atom. The molecule has 17 heavy (non-hydrogen) atoms. The van der Waals surface area contributed by atoms with E-state index in [4.69, 9.17) is 10.5 Å². The maximum Gasteiger partial charge on any atom is 0.162 e. The van der Waals surface area contributed by atoms with Gasteiger partial charge in [-0.05, 0) is 44.4 Å². The Kier molecular flexibility index (Phi) is 4.55. The molecule has 0 aromatic heterocycles. The van der Waals surface area contributed by atoms with Crippen LogP contribution in [0.5, 0.6) is 5.75 Å². The van der Waals surface area contributed by atoms with Crippen LogP contribution >= 0.6 is 0 Å². The number of ketones is 1. The predicted octanol–water partition coefficient (Wildman–Crippen LogP) is 3.28. The van der Waals surface area contributed by atoms with Gasteiger partial charge in [0, 0.05) is 11.3 Å². The number of nitrogens with two attached hydrogens (primary N) is 1. The molecule has 0 aliphatic heterocycles. The number of Topliss-reactive ketones (excluding diaryl/α,β-unsaturated/α-hetero) is 1. The highest BCUT2D eigenvalue weighted by Crippen LogP contribution is 2.22. The normalized spacial score (nSPS) is 12.5. The molecule has 2 N–H and O–H groups in total. The molecule has 0 saturated carbocycles. The number of carbonyl (C=O) groups excluding carboxylic acids is 1. The molecular weight excluding hydrogens is 214 g/mol. The Bertz CT molecular complexity index is 399. The molecule has 0 amide bonds. The zero-order valence-electron chi connectivity index (χ0n) is 11.0. The molecule has 1 rings (SSSR count). The number of rotatable bonds is 5. The van der Waals surface area contributed by atoms with Crippen LogP contribution in [0.1, 0.15) is 44.5 Å². The average Bonchev–Trinajstić information content (AvgIpc) is 2.19. The minimum absolute atomic E-state index is 0.0375. The first-order valence-electron chi connectivity index (χ1n) is 5.97. The fraction of sp³-hybridized carbons (Fsp3) is 0.500. The van der Waals surface area contributed by atoms with Crippen molar-refractivity contribution in [3.8, 4) is 5.75 Å². The summed E-state index contributed by atoms with van der Waals surface area (Å²) < 4.78 is 5.76. The second-order valence-electron chi connectivity index (χ2n) is 4.86. The van der Waals surface area contributed by atoms with Crippen molar-refractivity contribution >= 4 is 11.5 Å². The lowest BCUT2D eigenvalue weighted by Crippen LogP contribution is -2.14. The Labute approximate surface area is 103 Å². The van der Waals surface area contributed by atoms with Crippen molar-refractivity contribution in [3.05, 3.63) is 23.8 Å². The highest BCUT2D eigenvalue weighted by atomic mass is 16.5. The fourth-order valence-electron chi connectivity index (χ4n) is 1.86. The maximum atomic E-state index is 11.3. The lowest BCUT2D eigenvalue weighted by molar-refractivity contribution is 0.101. The van der Waals surface area contributed by atoms with Gasteiger partial charge in [0.2, 0.25) is 0 Å². The summed E-state index contributed by atoms with van der Waals surface area (Å²) in [6, 6.07) is 5.24. The number of hydrogen-bond donors (Lipinski definition) is 1. The minimum Gasteiger partial charge on any atom is -0.491 e. The minimum atomic E-state index is -0.0375. The summed E-state index contributed by atoms with van der Waals surface area (Å²) in [4.78, 5) is 11.3. The van der Waals surface area contributed by atoms with Gasteiger partial charge in [0.15, 0.2) is 5.78 Å². The topological polar surface area (TPSA) is 52.3 Å². The van der Waals surface area contributed by atoms with Crippen molar-refractivity contribution in [3.63, 3.8) is 0 Å². The number of carbonyl (C=O) groups is 1. The highest BCUT2D eigenvalue weighted by molar-refractivity contribution is 5.99. The molecule has 0 aliphatic rings. The van der Waals surface area contributed by atoms with Gasteiger partial charge in [0.25, 0.3) is 0 Å². The molecule has 0 spiro atoms. The van der Waals surface area contributed by atoms with Gasteiger partial charge in [-0.1, -0.05) is 13.8 Å². The van der Waals surface area contributed by atoms with Crippen LogP contribution in [0.2, 0.25) is 0 Å². The third kappa shape index (κ3) is 4.10. The lowest BCUT2D eigenvalue weighted by atomic mass is 10.1. The average molecular weight is 235 g/mol. The van der Waals surface area contributed by atoms with Crippen molar-refractivity contribution in [2.75, 3.05) is 5.73 Å². The third-order valence-corrected chi connectivity index (χ3v) is 2.54. The number of benzene rings is 1. The van der Waals surface area contributed by atoms with Gasteiger partial charge in [-0.25, -0.2) is 0 Å². The molecule has 1 unspecified atom stereocenters. The van der Waals surface area contributed by atoms with Crippen LogP contribution < -0.4 is 10.5 Å². The first-order valence-corrected chi connectivity index (χ1v) is 5.97. The molecule has 1 aromatic carbocycles. The van der Waals surface area contributed by atoms with Crippen LogP contribution in [0.15, 0.2) is 18.2 Å². The van der Waals surface area contributed by atoms with E-state index in [-0.39, 0.29) is 11.9 Å². The van der Waals surface area contributed by atoms with E-state index in [2.05, 4.69) is 13.8 Å². The monoisotopic (exact) mass is 235 g/mol. The van der Waals surface area contributed by atoms with Gasteiger partial charge in [-0.3, -0.25) is 4.79 Å². The standard InChI is InChI=1S/C14H21NO2/c1-9(2)7-10(3)17-12-5-6-14(15)13(8-12)11(4)16/h5-6,8-10H,7,15H2,1-4H3. The van der Waals surface area contributed by atoms with Gasteiger partial charge in [-0.2, -0.15) is 0 Å². The number of ether oxygens (including phenoxy) is 1. The molecule has 0 fully saturated rings. The second kappa shape index (κ2) is 5.71. The third-order valence-electron chi connectivity index (χ3n) is 2.54. The summed E-state index contributed by atoms with van der Waals surface area (Å²) in [6.45, 7) is 7.85. The van der Waals surface area contributed by atoms with Gasteiger partial charge >= 0.3 is 0 Å². The smallest absolute Gasteiger partial charge is 0.162 e.